The third-order valence-corrected chi connectivity index (χ3v) is 10.4. The van der Waals surface area contributed by atoms with E-state index >= 15 is 0 Å². The van der Waals surface area contributed by atoms with Crippen LogP contribution in [0.1, 0.15) is 54.1 Å². The van der Waals surface area contributed by atoms with Gasteiger partial charge in [-0.2, -0.15) is 0 Å². The average Bonchev–Trinajstić information content (AvgIpc) is 3.43. The molecule has 8 nitrogen and oxygen atoms in total. The fourth-order valence-corrected chi connectivity index (χ4v) is 7.61. The highest BCUT2D eigenvalue weighted by atomic mass is 19.1. The van der Waals surface area contributed by atoms with E-state index in [0.29, 0.717) is 39.6 Å². The third kappa shape index (κ3) is 6.03. The van der Waals surface area contributed by atoms with E-state index in [4.69, 9.17) is 9.47 Å². The minimum atomic E-state index is -0.384. The Kier molecular flexibility index (Phi) is 8.23. The SMILES string of the molecule is CCc1ccc(CN2CCN(C3CC4(CCN(c5ccc(C=O)c(Oc6cnc7[nH]cc(F)c7c6)c5)CC4)C3)CC2)cc1OC. The van der Waals surface area contributed by atoms with E-state index in [9.17, 15) is 9.18 Å². The summed E-state index contributed by atoms with van der Waals surface area (Å²) in [6, 6.07) is 14.7. The van der Waals surface area contributed by atoms with Gasteiger partial charge in [0, 0.05) is 69.8 Å². The van der Waals surface area contributed by atoms with E-state index in [1.807, 2.05) is 12.1 Å². The molecule has 3 fully saturated rings. The molecule has 0 unspecified atom stereocenters. The number of piperidine rings is 1. The number of carbonyl (C=O) groups excluding carboxylic acids is 1. The van der Waals surface area contributed by atoms with Gasteiger partial charge in [0.25, 0.3) is 0 Å². The van der Waals surface area contributed by atoms with Crippen molar-refractivity contribution >= 4 is 23.0 Å². The Labute approximate surface area is 264 Å². The number of aryl methyl sites for hydroxylation is 1. The Morgan fingerprint density at radius 2 is 1.82 bits per heavy atom. The van der Waals surface area contributed by atoms with Crippen LogP contribution in [0.25, 0.3) is 11.0 Å². The number of hydrogen-bond acceptors (Lipinski definition) is 7. The molecule has 1 aliphatic carbocycles. The van der Waals surface area contributed by atoms with Crippen molar-refractivity contribution in [1.29, 1.82) is 0 Å². The molecule has 1 N–H and O–H groups in total. The van der Waals surface area contributed by atoms with Gasteiger partial charge < -0.3 is 19.4 Å². The number of H-pyrrole nitrogens is 1. The van der Waals surface area contributed by atoms with Crippen LogP contribution in [0.5, 0.6) is 17.2 Å². The molecule has 2 aromatic heterocycles. The Hall–Kier alpha value is -3.95. The van der Waals surface area contributed by atoms with Crippen molar-refractivity contribution in [2.75, 3.05) is 51.3 Å². The summed E-state index contributed by atoms with van der Waals surface area (Å²) in [6.45, 7) is 9.63. The summed E-state index contributed by atoms with van der Waals surface area (Å²) < 4.78 is 25.8. The number of nitrogens with one attached hydrogen (secondary N) is 1. The van der Waals surface area contributed by atoms with Gasteiger partial charge in [-0.3, -0.25) is 14.6 Å². The highest BCUT2D eigenvalue weighted by molar-refractivity contribution is 5.82. The number of methoxy groups -OCH3 is 1. The number of carbonyl (C=O) groups is 1. The quantitative estimate of drug-likeness (QED) is 0.218. The average molecular weight is 612 g/mol. The Bertz CT molecular complexity index is 1660. The fraction of sp³-hybridized carbons (Fsp3) is 0.444. The highest BCUT2D eigenvalue weighted by Crippen LogP contribution is 2.51. The molecule has 2 aliphatic heterocycles. The first kappa shape index (κ1) is 29.7. The zero-order valence-electron chi connectivity index (χ0n) is 26.2. The van der Waals surface area contributed by atoms with Gasteiger partial charge >= 0.3 is 0 Å². The summed E-state index contributed by atoms with van der Waals surface area (Å²) in [5.74, 6) is 1.47. The van der Waals surface area contributed by atoms with E-state index in [0.717, 1.165) is 70.0 Å². The van der Waals surface area contributed by atoms with E-state index in [-0.39, 0.29) is 5.82 Å². The van der Waals surface area contributed by atoms with Crippen molar-refractivity contribution in [2.45, 2.75) is 51.6 Å². The Morgan fingerprint density at radius 3 is 2.56 bits per heavy atom. The number of halogens is 1. The maximum absolute atomic E-state index is 14.1. The molecule has 9 heteroatoms. The van der Waals surface area contributed by atoms with Crippen LogP contribution in [0, 0.1) is 11.2 Å². The molecule has 236 valence electrons. The van der Waals surface area contributed by atoms with E-state index in [1.165, 1.54) is 43.0 Å². The number of fused-ring (bicyclic) bond motifs is 1. The summed E-state index contributed by atoms with van der Waals surface area (Å²) in [5, 5.41) is 0.358. The van der Waals surface area contributed by atoms with Crippen LogP contribution in [0.3, 0.4) is 0 Å². The molecule has 0 amide bonds. The minimum absolute atomic E-state index is 0.358. The molecule has 4 aromatic rings. The van der Waals surface area contributed by atoms with Gasteiger partial charge in [0.2, 0.25) is 0 Å². The summed E-state index contributed by atoms with van der Waals surface area (Å²) in [4.78, 5) is 26.5. The molecule has 3 aliphatic rings. The monoisotopic (exact) mass is 611 g/mol. The molecule has 45 heavy (non-hydrogen) atoms. The molecule has 0 atom stereocenters. The third-order valence-electron chi connectivity index (χ3n) is 10.4. The van der Waals surface area contributed by atoms with Crippen molar-refractivity contribution in [3.05, 3.63) is 77.4 Å². The van der Waals surface area contributed by atoms with Gasteiger partial charge in [-0.25, -0.2) is 9.37 Å². The van der Waals surface area contributed by atoms with Crippen molar-refractivity contribution in [1.82, 2.24) is 19.8 Å². The molecule has 0 radical (unpaired) electrons. The van der Waals surface area contributed by atoms with Gasteiger partial charge in [-0.15, -0.1) is 0 Å². The number of pyridine rings is 1. The molecule has 2 saturated heterocycles. The van der Waals surface area contributed by atoms with Crippen LogP contribution in [0.4, 0.5) is 10.1 Å². The zero-order chi connectivity index (χ0) is 31.0. The van der Waals surface area contributed by atoms with Crippen LogP contribution in [-0.4, -0.2) is 78.5 Å². The topological polar surface area (TPSA) is 73.9 Å². The summed E-state index contributed by atoms with van der Waals surface area (Å²) in [7, 11) is 1.76. The summed E-state index contributed by atoms with van der Waals surface area (Å²) in [6.07, 6.45) is 9.54. The van der Waals surface area contributed by atoms with Gasteiger partial charge in [0.1, 0.15) is 28.7 Å². The summed E-state index contributed by atoms with van der Waals surface area (Å²) >= 11 is 0. The number of aromatic amines is 1. The van der Waals surface area contributed by atoms with E-state index in [2.05, 4.69) is 49.8 Å². The molecular formula is C36H42FN5O3. The molecule has 2 aromatic carbocycles. The molecule has 0 bridgehead atoms. The molecular weight excluding hydrogens is 569 g/mol. The van der Waals surface area contributed by atoms with Crippen LogP contribution in [-0.2, 0) is 13.0 Å². The second-order valence-electron chi connectivity index (χ2n) is 13.0. The van der Waals surface area contributed by atoms with Crippen molar-refractivity contribution < 1.29 is 18.7 Å². The first-order valence-electron chi connectivity index (χ1n) is 16.2. The maximum Gasteiger partial charge on any atom is 0.153 e. The molecule has 1 spiro atoms. The van der Waals surface area contributed by atoms with Crippen molar-refractivity contribution in [3.63, 3.8) is 0 Å². The maximum atomic E-state index is 14.1. The van der Waals surface area contributed by atoms with Gasteiger partial charge in [0.15, 0.2) is 6.29 Å². The van der Waals surface area contributed by atoms with Crippen LogP contribution >= 0.6 is 0 Å². The van der Waals surface area contributed by atoms with Crippen molar-refractivity contribution in [3.8, 4) is 17.2 Å². The fourth-order valence-electron chi connectivity index (χ4n) is 7.61. The Balaban J connectivity index is 0.910. The van der Waals surface area contributed by atoms with Gasteiger partial charge in [-0.05, 0) is 72.9 Å². The lowest BCUT2D eigenvalue weighted by Gasteiger charge is -2.56. The molecule has 7 rings (SSSR count). The molecule has 4 heterocycles. The van der Waals surface area contributed by atoms with Crippen LogP contribution in [0.15, 0.2) is 54.9 Å². The first-order valence-corrected chi connectivity index (χ1v) is 16.2. The lowest BCUT2D eigenvalue weighted by atomic mass is 9.60. The van der Waals surface area contributed by atoms with Gasteiger partial charge in [-0.1, -0.05) is 19.1 Å². The second kappa shape index (κ2) is 12.4. The largest absolute Gasteiger partial charge is 0.496 e. The number of benzene rings is 2. The Morgan fingerprint density at radius 1 is 1.02 bits per heavy atom. The van der Waals surface area contributed by atoms with E-state index in [1.54, 1.807) is 25.4 Å². The normalized spacial score (nSPS) is 19.1. The standard InChI is InChI=1S/C36H42FN5O3/c1-3-26-5-4-25(16-33(26)44-2)23-40-12-14-42(15-13-40)29-19-36(20-29)8-10-41(11-9-36)28-7-6-27(24-43)34(17-28)45-30-18-31-32(37)22-39-35(31)38-21-30/h4-7,16-18,21-22,24,29H,3,8-15,19-20,23H2,1-2H3,(H,38,39). The first-order chi connectivity index (χ1) is 22.0. The van der Waals surface area contributed by atoms with Crippen molar-refractivity contribution in [2.24, 2.45) is 5.41 Å². The molecule has 1 saturated carbocycles. The number of rotatable bonds is 9. The smallest absolute Gasteiger partial charge is 0.153 e. The van der Waals surface area contributed by atoms with Crippen LogP contribution in [0.2, 0.25) is 0 Å². The van der Waals surface area contributed by atoms with Crippen LogP contribution < -0.4 is 14.4 Å². The number of nitrogens with zero attached hydrogens (tertiary/aromatic N) is 4. The number of piperazine rings is 1. The predicted octanol–water partition coefficient (Wildman–Crippen LogP) is 6.44. The van der Waals surface area contributed by atoms with Gasteiger partial charge in [0.05, 0.1) is 24.3 Å². The second-order valence-corrected chi connectivity index (χ2v) is 13.0. The number of aldehydes is 1. The highest BCUT2D eigenvalue weighted by Gasteiger charge is 2.48. The lowest BCUT2D eigenvalue weighted by Crippen LogP contribution is -2.59. The number of aromatic nitrogens is 2. The zero-order valence-corrected chi connectivity index (χ0v) is 26.2. The number of ether oxygens (including phenoxy) is 2. The van der Waals surface area contributed by atoms with E-state index < -0.39 is 0 Å². The number of hydrogen-bond donors (Lipinski definition) is 1. The number of anilines is 1. The predicted molar refractivity (Wildman–Crippen MR) is 174 cm³/mol. The minimum Gasteiger partial charge on any atom is -0.496 e. The summed E-state index contributed by atoms with van der Waals surface area (Å²) in [5.41, 5.74) is 5.00. The lowest BCUT2D eigenvalue weighted by molar-refractivity contribution is -0.0355.